The zero-order chi connectivity index (χ0) is 21.9. The molecule has 0 aromatic heterocycles. The van der Waals surface area contributed by atoms with Crippen molar-refractivity contribution < 1.29 is 21.6 Å². The molecule has 30 heavy (non-hydrogen) atoms. The van der Waals surface area contributed by atoms with Gasteiger partial charge in [-0.3, -0.25) is 4.79 Å². The number of hydrogen-bond acceptors (Lipinski definition) is 6. The van der Waals surface area contributed by atoms with Gasteiger partial charge >= 0.3 is 0 Å². The highest BCUT2D eigenvalue weighted by Gasteiger charge is 2.25. The number of carbonyl (C=O) groups is 1. The van der Waals surface area contributed by atoms with Crippen LogP contribution < -0.4 is 9.62 Å². The number of sulfonamides is 1. The van der Waals surface area contributed by atoms with Gasteiger partial charge in [0.1, 0.15) is 4.90 Å². The van der Waals surface area contributed by atoms with E-state index in [0.717, 1.165) is 18.0 Å². The van der Waals surface area contributed by atoms with Crippen molar-refractivity contribution >= 4 is 43.1 Å². The number of para-hydroxylation sites is 1. The van der Waals surface area contributed by atoms with Gasteiger partial charge in [0.2, 0.25) is 15.9 Å². The van der Waals surface area contributed by atoms with Gasteiger partial charge in [-0.15, -0.1) is 0 Å². The Kier molecular flexibility index (Phi) is 6.71. The van der Waals surface area contributed by atoms with E-state index in [1.807, 2.05) is 30.3 Å². The highest BCUT2D eigenvalue weighted by Crippen LogP contribution is 2.24. The molecule has 0 aliphatic carbocycles. The number of nitrogens with one attached hydrogen (secondary N) is 1. The lowest BCUT2D eigenvalue weighted by molar-refractivity contribution is -0.130. The summed E-state index contributed by atoms with van der Waals surface area (Å²) < 4.78 is 50.8. The zero-order valence-corrected chi connectivity index (χ0v) is 18.7. The van der Waals surface area contributed by atoms with Crippen molar-refractivity contribution in [3.8, 4) is 0 Å². The van der Waals surface area contributed by atoms with Crippen LogP contribution in [0.25, 0.3) is 0 Å². The van der Waals surface area contributed by atoms with Crippen molar-refractivity contribution in [2.75, 3.05) is 43.9 Å². The summed E-state index contributed by atoms with van der Waals surface area (Å²) in [6, 6.07) is 13.3. The molecule has 1 fully saturated rings. The zero-order valence-electron chi connectivity index (χ0n) is 16.3. The second-order valence-electron chi connectivity index (χ2n) is 6.89. The summed E-state index contributed by atoms with van der Waals surface area (Å²) in [5.41, 5.74) is 1.07. The number of amides is 1. The minimum absolute atomic E-state index is 0.126. The molecule has 2 aromatic carbocycles. The first-order chi connectivity index (χ1) is 14.1. The summed E-state index contributed by atoms with van der Waals surface area (Å²) in [7, 11) is -7.78. The molecule has 8 nitrogen and oxygen atoms in total. The largest absolute Gasteiger partial charge is 0.368 e. The monoisotopic (exact) mass is 471 g/mol. The topological polar surface area (TPSA) is 104 Å². The molecular weight excluding hydrogens is 450 g/mol. The summed E-state index contributed by atoms with van der Waals surface area (Å²) in [6.07, 6.45) is 0.971. The fraction of sp³-hybridized carbons (Fsp3) is 0.316. The molecule has 1 aliphatic rings. The molecule has 0 radical (unpaired) electrons. The van der Waals surface area contributed by atoms with Gasteiger partial charge in [0.05, 0.1) is 16.5 Å². The van der Waals surface area contributed by atoms with Crippen molar-refractivity contribution in [1.29, 1.82) is 0 Å². The molecular formula is C19H22ClN3O5S2. The van der Waals surface area contributed by atoms with Crippen molar-refractivity contribution in [3.63, 3.8) is 0 Å². The fourth-order valence-electron chi connectivity index (χ4n) is 3.12. The fourth-order valence-corrected chi connectivity index (χ4v) is 5.34. The molecule has 3 rings (SSSR count). The Morgan fingerprint density at radius 3 is 2.23 bits per heavy atom. The smallest absolute Gasteiger partial charge is 0.242 e. The van der Waals surface area contributed by atoms with Crippen LogP contribution in [0.2, 0.25) is 5.02 Å². The molecule has 11 heteroatoms. The number of sulfone groups is 1. The molecule has 1 amide bonds. The van der Waals surface area contributed by atoms with Gasteiger partial charge in [-0.05, 0) is 30.3 Å². The third kappa shape index (κ3) is 5.31. The molecule has 0 atom stereocenters. The van der Waals surface area contributed by atoms with E-state index in [0.29, 0.717) is 26.2 Å². The first-order valence-electron chi connectivity index (χ1n) is 9.15. The number of carbonyl (C=O) groups excluding carboxylic acids is 1. The summed E-state index contributed by atoms with van der Waals surface area (Å²) in [4.78, 5) is 15.7. The number of nitrogens with zero attached hydrogens (tertiary/aromatic N) is 2. The summed E-state index contributed by atoms with van der Waals surface area (Å²) >= 11 is 5.95. The summed E-state index contributed by atoms with van der Waals surface area (Å²) in [5.74, 6) is -0.360. The maximum Gasteiger partial charge on any atom is 0.242 e. The number of halogens is 1. The average molecular weight is 472 g/mol. The van der Waals surface area contributed by atoms with E-state index in [1.165, 1.54) is 12.1 Å². The third-order valence-corrected chi connectivity index (χ3v) is 7.78. The highest BCUT2D eigenvalue weighted by atomic mass is 35.5. The SMILES string of the molecule is CS(=O)(=O)c1ccc(Cl)c(S(=O)(=O)NCC(=O)N2CCN(c3ccccc3)CC2)c1. The van der Waals surface area contributed by atoms with Gasteiger partial charge in [0, 0.05) is 38.1 Å². The van der Waals surface area contributed by atoms with Crippen LogP contribution in [0, 0.1) is 0 Å². The van der Waals surface area contributed by atoms with E-state index in [4.69, 9.17) is 11.6 Å². The van der Waals surface area contributed by atoms with E-state index in [-0.39, 0.29) is 20.7 Å². The number of hydrogen-bond donors (Lipinski definition) is 1. The van der Waals surface area contributed by atoms with Crippen molar-refractivity contribution in [1.82, 2.24) is 9.62 Å². The Morgan fingerprint density at radius 2 is 1.63 bits per heavy atom. The third-order valence-electron chi connectivity index (χ3n) is 4.79. The molecule has 0 unspecified atom stereocenters. The predicted molar refractivity (Wildman–Crippen MR) is 115 cm³/mol. The van der Waals surface area contributed by atoms with Gasteiger partial charge in [0.15, 0.2) is 9.84 Å². The van der Waals surface area contributed by atoms with Gasteiger partial charge in [-0.25, -0.2) is 21.6 Å². The Balaban J connectivity index is 1.62. The maximum atomic E-state index is 12.6. The van der Waals surface area contributed by atoms with Crippen LogP contribution in [0.1, 0.15) is 0 Å². The predicted octanol–water partition coefficient (Wildman–Crippen LogP) is 1.37. The van der Waals surface area contributed by atoms with E-state index in [1.54, 1.807) is 4.90 Å². The van der Waals surface area contributed by atoms with Crippen LogP contribution in [0.4, 0.5) is 5.69 Å². The Morgan fingerprint density at radius 1 is 1.00 bits per heavy atom. The average Bonchev–Trinajstić information content (AvgIpc) is 2.72. The van der Waals surface area contributed by atoms with Crippen LogP contribution >= 0.6 is 11.6 Å². The van der Waals surface area contributed by atoms with Crippen LogP contribution in [-0.2, 0) is 24.7 Å². The normalized spacial score (nSPS) is 15.3. The molecule has 0 spiro atoms. The molecule has 2 aromatic rings. The van der Waals surface area contributed by atoms with E-state index in [2.05, 4.69) is 9.62 Å². The highest BCUT2D eigenvalue weighted by molar-refractivity contribution is 7.91. The van der Waals surface area contributed by atoms with Gasteiger partial charge in [-0.1, -0.05) is 29.8 Å². The van der Waals surface area contributed by atoms with E-state index < -0.39 is 26.4 Å². The van der Waals surface area contributed by atoms with Crippen LogP contribution in [0.15, 0.2) is 58.3 Å². The lowest BCUT2D eigenvalue weighted by Gasteiger charge is -2.36. The first kappa shape index (κ1) is 22.5. The lowest BCUT2D eigenvalue weighted by Crippen LogP contribution is -2.51. The molecule has 1 saturated heterocycles. The summed E-state index contributed by atoms with van der Waals surface area (Å²) in [6.45, 7) is 1.79. The van der Waals surface area contributed by atoms with E-state index in [9.17, 15) is 21.6 Å². The summed E-state index contributed by atoms with van der Waals surface area (Å²) in [5, 5.41) is -0.126. The lowest BCUT2D eigenvalue weighted by atomic mass is 10.2. The molecule has 0 bridgehead atoms. The van der Waals surface area contributed by atoms with E-state index >= 15 is 0 Å². The van der Waals surface area contributed by atoms with Gasteiger partial charge in [-0.2, -0.15) is 0 Å². The number of benzene rings is 2. The van der Waals surface area contributed by atoms with Crippen molar-refractivity contribution in [2.45, 2.75) is 9.79 Å². The number of anilines is 1. The minimum atomic E-state index is -4.17. The van der Waals surface area contributed by atoms with Gasteiger partial charge < -0.3 is 9.80 Å². The van der Waals surface area contributed by atoms with Crippen molar-refractivity contribution in [3.05, 3.63) is 53.6 Å². The van der Waals surface area contributed by atoms with Crippen LogP contribution in [0.5, 0.6) is 0 Å². The Labute approximate surface area is 181 Å². The quantitative estimate of drug-likeness (QED) is 0.682. The number of rotatable bonds is 6. The Bertz CT molecular complexity index is 1130. The Hall–Kier alpha value is -2.14. The van der Waals surface area contributed by atoms with Crippen molar-refractivity contribution in [2.24, 2.45) is 0 Å². The van der Waals surface area contributed by atoms with Gasteiger partial charge in [0.25, 0.3) is 0 Å². The second kappa shape index (κ2) is 8.93. The molecule has 1 heterocycles. The first-order valence-corrected chi connectivity index (χ1v) is 12.9. The van der Waals surface area contributed by atoms with Crippen LogP contribution in [0.3, 0.4) is 0 Å². The molecule has 1 aliphatic heterocycles. The second-order valence-corrected chi connectivity index (χ2v) is 11.1. The number of piperazine rings is 1. The van der Waals surface area contributed by atoms with Crippen LogP contribution in [-0.4, -0.2) is 66.6 Å². The molecule has 0 saturated carbocycles. The minimum Gasteiger partial charge on any atom is -0.368 e. The standard InChI is InChI=1S/C19H22ClN3O5S2/c1-29(25,26)16-7-8-17(20)18(13-16)30(27,28)21-14-19(24)23-11-9-22(10-12-23)15-5-3-2-4-6-15/h2-8,13,21H,9-12,14H2,1H3. The molecule has 162 valence electrons. The molecule has 1 N–H and O–H groups in total. The maximum absolute atomic E-state index is 12.6.